The van der Waals surface area contributed by atoms with Crippen LogP contribution in [0, 0.1) is 6.92 Å². The second-order valence-corrected chi connectivity index (χ2v) is 5.98. The van der Waals surface area contributed by atoms with Crippen LogP contribution in [0.15, 0.2) is 41.6 Å². The van der Waals surface area contributed by atoms with Crippen molar-refractivity contribution in [2.45, 2.75) is 19.4 Å². The summed E-state index contributed by atoms with van der Waals surface area (Å²) < 4.78 is 30.7. The molecule has 1 aromatic carbocycles. The van der Waals surface area contributed by atoms with E-state index in [1.165, 1.54) is 12.1 Å². The zero-order chi connectivity index (χ0) is 18.9. The van der Waals surface area contributed by atoms with Gasteiger partial charge in [0.2, 0.25) is 5.84 Å². The van der Waals surface area contributed by atoms with Gasteiger partial charge in [-0.3, -0.25) is 4.68 Å². The van der Waals surface area contributed by atoms with E-state index in [-0.39, 0.29) is 5.56 Å². The number of hydrazine groups is 1. The standard InChI is InChI=1S/C16H16ClF2N7/c1-9-12-5-4-11(16(18,19)15(23-20)24-21)7-13(12)26(25-9)8-10-3-2-6-22-14(10)17/h2-7H,8,20-21H2,1H3,(H,23,24). The second kappa shape index (κ2) is 6.85. The summed E-state index contributed by atoms with van der Waals surface area (Å²) in [5.41, 5.74) is 3.47. The lowest BCUT2D eigenvalue weighted by Gasteiger charge is -2.18. The van der Waals surface area contributed by atoms with E-state index in [0.29, 0.717) is 22.9 Å². The number of hydrogen-bond acceptors (Lipinski definition) is 5. The summed E-state index contributed by atoms with van der Waals surface area (Å²) in [6.45, 7) is 2.09. The van der Waals surface area contributed by atoms with Crippen LogP contribution in [0.1, 0.15) is 16.8 Å². The fourth-order valence-corrected chi connectivity index (χ4v) is 2.88. The van der Waals surface area contributed by atoms with E-state index < -0.39 is 11.8 Å². The number of nitrogens with two attached hydrogens (primary N) is 2. The molecule has 0 radical (unpaired) electrons. The van der Waals surface area contributed by atoms with Gasteiger partial charge in [0.15, 0.2) is 0 Å². The Labute approximate surface area is 152 Å². The highest BCUT2D eigenvalue weighted by Gasteiger charge is 2.39. The number of nitrogens with one attached hydrogen (secondary N) is 1. The normalized spacial score (nSPS) is 12.6. The molecular formula is C16H16ClF2N7. The molecule has 0 aliphatic rings. The lowest BCUT2D eigenvalue weighted by molar-refractivity contribution is 0.0714. The van der Waals surface area contributed by atoms with Gasteiger partial charge in [-0.25, -0.2) is 10.8 Å². The smallest absolute Gasteiger partial charge is 0.321 e. The molecule has 2 heterocycles. The molecule has 0 saturated heterocycles. The summed E-state index contributed by atoms with van der Waals surface area (Å²) >= 11 is 6.09. The van der Waals surface area contributed by atoms with Crippen molar-refractivity contribution < 1.29 is 8.78 Å². The van der Waals surface area contributed by atoms with Gasteiger partial charge < -0.3 is 11.3 Å². The molecular weight excluding hydrogens is 364 g/mol. The van der Waals surface area contributed by atoms with Crippen LogP contribution < -0.4 is 17.1 Å². The van der Waals surface area contributed by atoms with Crippen LogP contribution in [0.5, 0.6) is 0 Å². The number of pyridine rings is 1. The molecule has 0 aliphatic carbocycles. The molecule has 7 nitrogen and oxygen atoms in total. The van der Waals surface area contributed by atoms with Crippen molar-refractivity contribution in [3.05, 3.63) is 58.5 Å². The third-order valence-corrected chi connectivity index (χ3v) is 4.36. The van der Waals surface area contributed by atoms with Crippen molar-refractivity contribution in [1.82, 2.24) is 20.2 Å². The lowest BCUT2D eigenvalue weighted by Crippen LogP contribution is -2.43. The van der Waals surface area contributed by atoms with Crippen LogP contribution in [-0.2, 0) is 12.5 Å². The van der Waals surface area contributed by atoms with E-state index in [0.717, 1.165) is 10.9 Å². The zero-order valence-corrected chi connectivity index (χ0v) is 14.5. The zero-order valence-electron chi connectivity index (χ0n) is 13.7. The fraction of sp³-hybridized carbons (Fsp3) is 0.188. The van der Waals surface area contributed by atoms with E-state index in [2.05, 4.69) is 15.2 Å². The van der Waals surface area contributed by atoms with Crippen LogP contribution in [-0.4, -0.2) is 20.6 Å². The number of rotatable bonds is 4. The molecule has 0 amide bonds. The summed E-state index contributed by atoms with van der Waals surface area (Å²) in [7, 11) is 0. The SMILES string of the molecule is Cc1nn(Cc2cccnc2Cl)c2cc(C(F)(F)/C(=N/N)NN)ccc12. The van der Waals surface area contributed by atoms with Gasteiger partial charge in [0.1, 0.15) is 5.15 Å². The number of nitrogens with zero attached hydrogens (tertiary/aromatic N) is 4. The largest absolute Gasteiger partial charge is 0.332 e. The van der Waals surface area contributed by atoms with E-state index >= 15 is 0 Å². The minimum Gasteiger partial charge on any atom is -0.321 e. The van der Waals surface area contributed by atoms with Gasteiger partial charge in [-0.05, 0) is 19.1 Å². The number of alkyl halides is 2. The molecule has 0 bridgehead atoms. The molecule has 2 aromatic heterocycles. The van der Waals surface area contributed by atoms with Gasteiger partial charge in [0, 0.05) is 22.7 Å². The minimum atomic E-state index is -3.48. The lowest BCUT2D eigenvalue weighted by atomic mass is 10.0. The van der Waals surface area contributed by atoms with E-state index in [1.54, 1.807) is 36.0 Å². The van der Waals surface area contributed by atoms with Crippen LogP contribution in [0.3, 0.4) is 0 Å². The predicted octanol–water partition coefficient (Wildman–Crippen LogP) is 2.27. The molecule has 5 N–H and O–H groups in total. The van der Waals surface area contributed by atoms with E-state index in [9.17, 15) is 8.78 Å². The fourth-order valence-electron chi connectivity index (χ4n) is 2.70. The molecule has 3 aromatic rings. The molecule has 10 heteroatoms. The number of halogens is 3. The highest BCUT2D eigenvalue weighted by Crippen LogP contribution is 2.32. The monoisotopic (exact) mass is 379 g/mol. The molecule has 26 heavy (non-hydrogen) atoms. The van der Waals surface area contributed by atoms with Crippen molar-refractivity contribution in [3.63, 3.8) is 0 Å². The maximum atomic E-state index is 14.6. The number of benzene rings is 1. The number of aromatic nitrogens is 3. The van der Waals surface area contributed by atoms with Crippen LogP contribution in [0.2, 0.25) is 5.15 Å². The minimum absolute atomic E-state index is 0.291. The third-order valence-electron chi connectivity index (χ3n) is 4.02. The Morgan fingerprint density at radius 2 is 2.15 bits per heavy atom. The molecule has 0 spiro atoms. The first-order chi connectivity index (χ1) is 12.4. The predicted molar refractivity (Wildman–Crippen MR) is 95.7 cm³/mol. The Balaban J connectivity index is 2.10. The van der Waals surface area contributed by atoms with Gasteiger partial charge in [0.05, 0.1) is 17.8 Å². The number of hydrogen-bond donors (Lipinski definition) is 3. The summed E-state index contributed by atoms with van der Waals surface area (Å²) in [5.74, 6) is 5.77. The summed E-state index contributed by atoms with van der Waals surface area (Å²) in [6.07, 6.45) is 1.57. The quantitative estimate of drug-likeness (QED) is 0.212. The number of amidine groups is 1. The summed E-state index contributed by atoms with van der Waals surface area (Å²) in [4.78, 5) is 4.02. The second-order valence-electron chi connectivity index (χ2n) is 5.62. The highest BCUT2D eigenvalue weighted by atomic mass is 35.5. The van der Waals surface area contributed by atoms with E-state index in [4.69, 9.17) is 23.3 Å². The van der Waals surface area contributed by atoms with Crippen molar-refractivity contribution in [2.75, 3.05) is 0 Å². The molecule has 0 fully saturated rings. The summed E-state index contributed by atoms with van der Waals surface area (Å²) in [5, 5.41) is 8.53. The average molecular weight is 380 g/mol. The highest BCUT2D eigenvalue weighted by molar-refractivity contribution is 6.30. The Hall–Kier alpha value is -2.78. The third kappa shape index (κ3) is 3.06. The first-order valence-corrected chi connectivity index (χ1v) is 7.96. The Bertz CT molecular complexity index is 984. The van der Waals surface area contributed by atoms with E-state index in [1.807, 2.05) is 5.43 Å². The molecule has 0 saturated carbocycles. The molecule has 0 aliphatic heterocycles. The van der Waals surface area contributed by atoms with Crippen molar-refractivity contribution in [2.24, 2.45) is 16.8 Å². The van der Waals surface area contributed by atoms with Crippen LogP contribution in [0.4, 0.5) is 8.78 Å². The van der Waals surface area contributed by atoms with Crippen LogP contribution >= 0.6 is 11.6 Å². The Morgan fingerprint density at radius 3 is 2.81 bits per heavy atom. The average Bonchev–Trinajstić information content (AvgIpc) is 2.93. The van der Waals surface area contributed by atoms with Crippen molar-refractivity contribution >= 4 is 28.3 Å². The first kappa shape index (κ1) is 18.0. The van der Waals surface area contributed by atoms with Gasteiger partial charge in [-0.2, -0.15) is 19.0 Å². The number of aryl methyl sites for hydroxylation is 1. The molecule has 136 valence electrons. The van der Waals surface area contributed by atoms with Crippen molar-refractivity contribution in [1.29, 1.82) is 0 Å². The first-order valence-electron chi connectivity index (χ1n) is 7.58. The number of fused-ring (bicyclic) bond motifs is 1. The van der Waals surface area contributed by atoms with Gasteiger partial charge in [0.25, 0.3) is 0 Å². The Morgan fingerprint density at radius 1 is 1.38 bits per heavy atom. The van der Waals surface area contributed by atoms with Crippen molar-refractivity contribution in [3.8, 4) is 0 Å². The molecule has 0 unspecified atom stereocenters. The maximum absolute atomic E-state index is 14.6. The topological polar surface area (TPSA) is 107 Å². The van der Waals surface area contributed by atoms with Gasteiger partial charge in [-0.15, -0.1) is 0 Å². The molecule has 3 rings (SSSR count). The van der Waals surface area contributed by atoms with Crippen LogP contribution in [0.25, 0.3) is 10.9 Å². The Kier molecular flexibility index (Phi) is 4.75. The summed E-state index contributed by atoms with van der Waals surface area (Å²) in [6, 6.07) is 7.75. The van der Waals surface area contributed by atoms with Gasteiger partial charge >= 0.3 is 5.92 Å². The molecule has 0 atom stereocenters. The maximum Gasteiger partial charge on any atom is 0.332 e. The van der Waals surface area contributed by atoms with Gasteiger partial charge in [-0.1, -0.05) is 29.8 Å². The number of hydrazone groups is 1.